The van der Waals surface area contributed by atoms with Crippen LogP contribution in [0.1, 0.15) is 18.4 Å². The van der Waals surface area contributed by atoms with Crippen LogP contribution in [0, 0.1) is 0 Å². The first kappa shape index (κ1) is 12.7. The first-order chi connectivity index (χ1) is 9.78. The zero-order valence-corrected chi connectivity index (χ0v) is 11.1. The summed E-state index contributed by atoms with van der Waals surface area (Å²) in [6.45, 7) is 0.378. The number of para-hydroxylation sites is 1. The van der Waals surface area contributed by atoms with Crippen LogP contribution in [-0.2, 0) is 10.2 Å². The van der Waals surface area contributed by atoms with E-state index in [4.69, 9.17) is 9.47 Å². The second-order valence-corrected chi connectivity index (χ2v) is 5.10. The van der Waals surface area contributed by atoms with E-state index in [1.807, 2.05) is 36.4 Å². The summed E-state index contributed by atoms with van der Waals surface area (Å²) >= 11 is 0. The maximum atomic E-state index is 11.7. The monoisotopic (exact) mass is 268 g/mol. The molecule has 0 aromatic heterocycles. The Balaban J connectivity index is 1.56. The highest BCUT2D eigenvalue weighted by Gasteiger charge is 2.45. The van der Waals surface area contributed by atoms with E-state index in [1.165, 1.54) is 5.56 Å². The van der Waals surface area contributed by atoms with Crippen LogP contribution in [0.4, 0.5) is 4.79 Å². The second-order valence-electron chi connectivity index (χ2n) is 5.10. The molecular formula is C17H16O3. The average Bonchev–Trinajstić information content (AvgIpc) is 3.28. The molecule has 3 nitrogen and oxygen atoms in total. The number of hydrogen-bond donors (Lipinski definition) is 0. The maximum absolute atomic E-state index is 11.7. The van der Waals surface area contributed by atoms with Gasteiger partial charge >= 0.3 is 6.16 Å². The molecule has 0 atom stereocenters. The number of benzene rings is 2. The van der Waals surface area contributed by atoms with Crippen LogP contribution in [0.15, 0.2) is 60.7 Å². The SMILES string of the molecule is O=C(OCC1(c2ccccc2)CC1)Oc1ccccc1. The quantitative estimate of drug-likeness (QED) is 0.622. The van der Waals surface area contributed by atoms with Crippen LogP contribution in [0.25, 0.3) is 0 Å². The molecule has 1 aliphatic carbocycles. The van der Waals surface area contributed by atoms with Gasteiger partial charge in [-0.05, 0) is 30.5 Å². The van der Waals surface area contributed by atoms with Gasteiger partial charge in [0.05, 0.1) is 0 Å². The average molecular weight is 268 g/mol. The maximum Gasteiger partial charge on any atom is 0.513 e. The number of rotatable bonds is 4. The Hall–Kier alpha value is -2.29. The molecular weight excluding hydrogens is 252 g/mol. The Kier molecular flexibility index (Phi) is 3.42. The third-order valence-electron chi connectivity index (χ3n) is 3.65. The molecule has 102 valence electrons. The Morgan fingerprint density at radius 2 is 1.55 bits per heavy atom. The van der Waals surface area contributed by atoms with Crippen molar-refractivity contribution in [3.8, 4) is 5.75 Å². The molecule has 0 unspecified atom stereocenters. The van der Waals surface area contributed by atoms with Crippen molar-refractivity contribution < 1.29 is 14.3 Å². The van der Waals surface area contributed by atoms with Crippen molar-refractivity contribution in [3.63, 3.8) is 0 Å². The van der Waals surface area contributed by atoms with Gasteiger partial charge in [-0.15, -0.1) is 0 Å². The highest BCUT2D eigenvalue weighted by atomic mass is 16.7. The van der Waals surface area contributed by atoms with E-state index >= 15 is 0 Å². The van der Waals surface area contributed by atoms with Crippen LogP contribution in [0.2, 0.25) is 0 Å². The van der Waals surface area contributed by atoms with Gasteiger partial charge in [0, 0.05) is 5.41 Å². The van der Waals surface area contributed by atoms with Gasteiger partial charge < -0.3 is 9.47 Å². The van der Waals surface area contributed by atoms with Crippen LogP contribution < -0.4 is 4.74 Å². The van der Waals surface area contributed by atoms with Gasteiger partial charge in [-0.25, -0.2) is 4.79 Å². The molecule has 2 aromatic rings. The normalized spacial score (nSPS) is 15.4. The van der Waals surface area contributed by atoms with Crippen molar-refractivity contribution in [2.45, 2.75) is 18.3 Å². The molecule has 0 spiro atoms. The van der Waals surface area contributed by atoms with Gasteiger partial charge in [0.1, 0.15) is 12.4 Å². The Morgan fingerprint density at radius 3 is 2.15 bits per heavy atom. The lowest BCUT2D eigenvalue weighted by atomic mass is 9.97. The third kappa shape index (κ3) is 2.82. The zero-order valence-electron chi connectivity index (χ0n) is 11.1. The minimum Gasteiger partial charge on any atom is -0.433 e. The molecule has 1 saturated carbocycles. The van der Waals surface area contributed by atoms with Gasteiger partial charge in [0.25, 0.3) is 0 Å². The smallest absolute Gasteiger partial charge is 0.433 e. The number of ether oxygens (including phenoxy) is 2. The Morgan fingerprint density at radius 1 is 0.950 bits per heavy atom. The molecule has 3 heteroatoms. The van der Waals surface area contributed by atoms with E-state index in [-0.39, 0.29) is 5.41 Å². The largest absolute Gasteiger partial charge is 0.513 e. The fraction of sp³-hybridized carbons (Fsp3) is 0.235. The van der Waals surface area contributed by atoms with Crippen LogP contribution >= 0.6 is 0 Å². The van der Waals surface area contributed by atoms with Gasteiger partial charge in [0.2, 0.25) is 0 Å². The molecule has 0 N–H and O–H groups in total. The summed E-state index contributed by atoms with van der Waals surface area (Å²) in [6.07, 6.45) is 1.46. The van der Waals surface area contributed by atoms with E-state index in [9.17, 15) is 4.79 Å². The fourth-order valence-corrected chi connectivity index (χ4v) is 2.27. The van der Waals surface area contributed by atoms with Gasteiger partial charge in [0.15, 0.2) is 0 Å². The summed E-state index contributed by atoms with van der Waals surface area (Å²) in [6, 6.07) is 19.1. The fourth-order valence-electron chi connectivity index (χ4n) is 2.27. The molecule has 0 aliphatic heterocycles. The summed E-state index contributed by atoms with van der Waals surface area (Å²) in [5.41, 5.74) is 1.23. The van der Waals surface area contributed by atoms with Crippen molar-refractivity contribution in [2.75, 3.05) is 6.61 Å². The van der Waals surface area contributed by atoms with Crippen molar-refractivity contribution in [1.29, 1.82) is 0 Å². The number of carbonyl (C=O) groups is 1. The summed E-state index contributed by atoms with van der Waals surface area (Å²) in [7, 11) is 0. The highest BCUT2D eigenvalue weighted by Crippen LogP contribution is 2.48. The molecule has 0 amide bonds. The standard InChI is InChI=1S/C17H16O3/c18-16(20-15-9-5-2-6-10-15)19-13-17(11-12-17)14-7-3-1-4-8-14/h1-10H,11-13H2. The molecule has 3 rings (SSSR count). The summed E-state index contributed by atoms with van der Waals surface area (Å²) in [4.78, 5) is 11.7. The first-order valence-corrected chi connectivity index (χ1v) is 6.74. The van der Waals surface area contributed by atoms with Crippen molar-refractivity contribution in [2.24, 2.45) is 0 Å². The van der Waals surface area contributed by atoms with E-state index in [2.05, 4.69) is 12.1 Å². The number of carbonyl (C=O) groups excluding carboxylic acids is 1. The van der Waals surface area contributed by atoms with Crippen molar-refractivity contribution in [1.82, 2.24) is 0 Å². The predicted molar refractivity (Wildman–Crippen MR) is 75.8 cm³/mol. The van der Waals surface area contributed by atoms with E-state index in [0.717, 1.165) is 12.8 Å². The minimum atomic E-state index is -0.640. The molecule has 0 saturated heterocycles. The molecule has 0 heterocycles. The lowest BCUT2D eigenvalue weighted by molar-refractivity contribution is 0.0901. The molecule has 0 radical (unpaired) electrons. The molecule has 2 aromatic carbocycles. The summed E-state index contributed by atoms with van der Waals surface area (Å²) in [5, 5.41) is 0. The zero-order chi connectivity index (χ0) is 13.8. The molecule has 20 heavy (non-hydrogen) atoms. The van der Waals surface area contributed by atoms with Gasteiger partial charge in [-0.1, -0.05) is 48.5 Å². The predicted octanol–water partition coefficient (Wildman–Crippen LogP) is 3.93. The molecule has 1 aliphatic rings. The van der Waals surface area contributed by atoms with Crippen molar-refractivity contribution >= 4 is 6.16 Å². The lowest BCUT2D eigenvalue weighted by Gasteiger charge is -2.15. The highest BCUT2D eigenvalue weighted by molar-refractivity contribution is 5.63. The summed E-state index contributed by atoms with van der Waals surface area (Å²) < 4.78 is 10.4. The molecule has 1 fully saturated rings. The number of hydrogen-bond acceptors (Lipinski definition) is 3. The topological polar surface area (TPSA) is 35.5 Å². The van der Waals surface area contributed by atoms with Gasteiger partial charge in [-0.2, -0.15) is 0 Å². The first-order valence-electron chi connectivity index (χ1n) is 6.74. The second kappa shape index (κ2) is 5.37. The van der Waals surface area contributed by atoms with Gasteiger partial charge in [-0.3, -0.25) is 0 Å². The molecule has 0 bridgehead atoms. The van der Waals surface area contributed by atoms with E-state index in [0.29, 0.717) is 12.4 Å². The van der Waals surface area contributed by atoms with E-state index < -0.39 is 6.16 Å². The Labute approximate surface area is 118 Å². The lowest BCUT2D eigenvalue weighted by Crippen LogP contribution is -2.20. The third-order valence-corrected chi connectivity index (χ3v) is 3.65. The van der Waals surface area contributed by atoms with Crippen molar-refractivity contribution in [3.05, 3.63) is 66.2 Å². The van der Waals surface area contributed by atoms with Crippen LogP contribution in [0.3, 0.4) is 0 Å². The van der Waals surface area contributed by atoms with E-state index in [1.54, 1.807) is 12.1 Å². The van der Waals surface area contributed by atoms with Crippen LogP contribution in [0.5, 0.6) is 5.75 Å². The minimum absolute atomic E-state index is 0.00301. The van der Waals surface area contributed by atoms with Crippen LogP contribution in [-0.4, -0.2) is 12.8 Å². The Bertz CT molecular complexity index is 574. The summed E-state index contributed by atoms with van der Waals surface area (Å²) in [5.74, 6) is 0.502.